The Kier molecular flexibility index (Phi) is 6.97. The van der Waals surface area contributed by atoms with Crippen LogP contribution in [0.4, 0.5) is 8.78 Å². The molecule has 0 aliphatic carbocycles. The Bertz CT molecular complexity index is 1510. The van der Waals surface area contributed by atoms with E-state index in [2.05, 4.69) is 9.97 Å². The lowest BCUT2D eigenvalue weighted by Crippen LogP contribution is -2.24. The van der Waals surface area contributed by atoms with Gasteiger partial charge in [-0.25, -0.2) is 18.7 Å². The molecule has 0 aliphatic heterocycles. The van der Waals surface area contributed by atoms with Gasteiger partial charge in [0.1, 0.15) is 29.8 Å². The first-order chi connectivity index (χ1) is 17.1. The smallest absolute Gasteiger partial charge is 0.261 e. The fourth-order valence-electron chi connectivity index (χ4n) is 3.92. The lowest BCUT2D eigenvalue weighted by molar-refractivity contribution is 0.296. The summed E-state index contributed by atoms with van der Waals surface area (Å²) in [6.45, 7) is 11.2. The molecular formula is C28H28F2N4O2. The number of hydrogen-bond acceptors (Lipinski definition) is 5. The van der Waals surface area contributed by atoms with Gasteiger partial charge < -0.3 is 4.74 Å². The van der Waals surface area contributed by atoms with Gasteiger partial charge >= 0.3 is 0 Å². The number of pyridine rings is 2. The molecule has 0 aliphatic rings. The third-order valence-electron chi connectivity index (χ3n) is 6.05. The van der Waals surface area contributed by atoms with Crippen LogP contribution < -0.4 is 10.3 Å². The van der Waals surface area contributed by atoms with Gasteiger partial charge in [-0.3, -0.25) is 14.3 Å². The van der Waals surface area contributed by atoms with Crippen LogP contribution >= 0.6 is 0 Å². The molecule has 186 valence electrons. The molecule has 1 aromatic carbocycles. The minimum absolute atomic E-state index is 0.126. The van der Waals surface area contributed by atoms with Gasteiger partial charge in [-0.1, -0.05) is 13.8 Å². The fourth-order valence-corrected chi connectivity index (χ4v) is 3.92. The quantitative estimate of drug-likeness (QED) is 0.336. The first kappa shape index (κ1) is 25.2. The number of ether oxygens (including phenoxy) is 1. The largest absolute Gasteiger partial charge is 0.488 e. The molecule has 4 aromatic rings. The Balaban J connectivity index is 1.74. The zero-order valence-electron chi connectivity index (χ0n) is 21.2. The molecule has 0 radical (unpaired) electrons. The van der Waals surface area contributed by atoms with Crippen LogP contribution in [0.2, 0.25) is 0 Å². The Morgan fingerprint density at radius 1 is 0.972 bits per heavy atom. The van der Waals surface area contributed by atoms with Gasteiger partial charge in [0.2, 0.25) is 0 Å². The van der Waals surface area contributed by atoms with Crippen molar-refractivity contribution in [2.24, 2.45) is 0 Å². The highest BCUT2D eigenvalue weighted by atomic mass is 19.1. The van der Waals surface area contributed by atoms with Gasteiger partial charge in [0.15, 0.2) is 0 Å². The van der Waals surface area contributed by atoms with Gasteiger partial charge in [-0.05, 0) is 57.0 Å². The highest BCUT2D eigenvalue weighted by molar-refractivity contribution is 5.62. The predicted octanol–water partition coefficient (Wildman–Crippen LogP) is 5.90. The summed E-state index contributed by atoms with van der Waals surface area (Å²) < 4.78 is 34.6. The van der Waals surface area contributed by atoms with E-state index in [1.54, 1.807) is 36.9 Å². The van der Waals surface area contributed by atoms with E-state index in [4.69, 9.17) is 9.72 Å². The summed E-state index contributed by atoms with van der Waals surface area (Å²) in [6.07, 6.45) is 3.51. The van der Waals surface area contributed by atoms with Crippen molar-refractivity contribution in [1.82, 2.24) is 19.5 Å². The second kappa shape index (κ2) is 9.97. The van der Waals surface area contributed by atoms with Crippen LogP contribution in [0.25, 0.3) is 17.1 Å². The van der Waals surface area contributed by atoms with Crippen molar-refractivity contribution < 1.29 is 13.5 Å². The molecule has 0 spiro atoms. The molecule has 0 atom stereocenters. The number of aryl methyl sites for hydroxylation is 3. The topological polar surface area (TPSA) is 69.9 Å². The second-order valence-corrected chi connectivity index (χ2v) is 9.21. The molecule has 6 nitrogen and oxygen atoms in total. The van der Waals surface area contributed by atoms with E-state index < -0.39 is 11.6 Å². The number of hydrogen-bond donors (Lipinski definition) is 0. The summed E-state index contributed by atoms with van der Waals surface area (Å²) in [7, 11) is 0. The number of benzene rings is 1. The van der Waals surface area contributed by atoms with Crippen molar-refractivity contribution in [3.8, 4) is 22.8 Å². The maximum absolute atomic E-state index is 14.0. The lowest BCUT2D eigenvalue weighted by Gasteiger charge is -2.18. The Labute approximate surface area is 208 Å². The van der Waals surface area contributed by atoms with Crippen molar-refractivity contribution >= 4 is 0 Å². The number of nitrogens with zero attached hydrogens (tertiary/aromatic N) is 4. The molecule has 0 bridgehead atoms. The summed E-state index contributed by atoms with van der Waals surface area (Å²) in [5.74, 6) is -0.119. The predicted molar refractivity (Wildman–Crippen MR) is 135 cm³/mol. The van der Waals surface area contributed by atoms with Gasteiger partial charge in [-0.15, -0.1) is 0 Å². The van der Waals surface area contributed by atoms with Gasteiger partial charge in [0.25, 0.3) is 5.56 Å². The van der Waals surface area contributed by atoms with Crippen LogP contribution in [0.1, 0.15) is 53.5 Å². The lowest BCUT2D eigenvalue weighted by atomic mass is 10.1. The van der Waals surface area contributed by atoms with Crippen LogP contribution in [-0.2, 0) is 6.61 Å². The first-order valence-electron chi connectivity index (χ1n) is 11.7. The molecule has 3 aromatic heterocycles. The van der Waals surface area contributed by atoms with E-state index in [9.17, 15) is 13.6 Å². The third kappa shape index (κ3) is 4.89. The number of aromatic nitrogens is 4. The zero-order valence-corrected chi connectivity index (χ0v) is 21.2. The molecule has 3 heterocycles. The van der Waals surface area contributed by atoms with E-state index in [0.29, 0.717) is 28.4 Å². The molecule has 0 saturated carbocycles. The van der Waals surface area contributed by atoms with E-state index in [1.165, 1.54) is 12.1 Å². The van der Waals surface area contributed by atoms with Crippen molar-refractivity contribution in [3.63, 3.8) is 0 Å². The summed E-state index contributed by atoms with van der Waals surface area (Å²) in [6, 6.07) is 6.91. The maximum atomic E-state index is 14.0. The molecule has 4 rings (SSSR count). The standard InChI is InChI=1S/C28H28F2N4O2/c1-15(2)27-32-13-17(4)26(33-27)23-11-24(16(3)12-31-23)34-18(5)9-25(19(6)28(34)35)36-14-20-7-8-21(29)10-22(20)30/h7-13,15H,14H2,1-6H3. The summed E-state index contributed by atoms with van der Waals surface area (Å²) >= 11 is 0. The molecular weight excluding hydrogens is 462 g/mol. The third-order valence-corrected chi connectivity index (χ3v) is 6.05. The molecule has 8 heteroatoms. The van der Waals surface area contributed by atoms with Crippen LogP contribution in [0.15, 0.2) is 47.5 Å². The average Bonchev–Trinajstić information content (AvgIpc) is 2.83. The van der Waals surface area contributed by atoms with Crippen LogP contribution in [0, 0.1) is 39.3 Å². The molecule has 0 saturated heterocycles. The van der Waals surface area contributed by atoms with Crippen molar-refractivity contribution in [3.05, 3.63) is 98.5 Å². The van der Waals surface area contributed by atoms with Gasteiger partial charge in [0.05, 0.1) is 22.6 Å². The zero-order chi connectivity index (χ0) is 26.1. The minimum atomic E-state index is -0.696. The molecule has 36 heavy (non-hydrogen) atoms. The average molecular weight is 491 g/mol. The van der Waals surface area contributed by atoms with Crippen molar-refractivity contribution in [2.75, 3.05) is 0 Å². The highest BCUT2D eigenvalue weighted by Crippen LogP contribution is 2.26. The number of halogens is 2. The number of rotatable bonds is 6. The Morgan fingerprint density at radius 2 is 1.69 bits per heavy atom. The second-order valence-electron chi connectivity index (χ2n) is 9.21. The van der Waals surface area contributed by atoms with Gasteiger partial charge in [0, 0.05) is 41.7 Å². The Hall–Kier alpha value is -3.94. The molecule has 0 N–H and O–H groups in total. The van der Waals surface area contributed by atoms with E-state index in [-0.39, 0.29) is 23.6 Å². The van der Waals surface area contributed by atoms with E-state index >= 15 is 0 Å². The summed E-state index contributed by atoms with van der Waals surface area (Å²) in [5.41, 5.74) is 4.72. The minimum Gasteiger partial charge on any atom is -0.488 e. The summed E-state index contributed by atoms with van der Waals surface area (Å²) in [5, 5.41) is 0. The Morgan fingerprint density at radius 3 is 2.39 bits per heavy atom. The molecule has 0 unspecified atom stereocenters. The van der Waals surface area contributed by atoms with Crippen LogP contribution in [0.5, 0.6) is 5.75 Å². The fraction of sp³-hybridized carbons (Fsp3) is 0.286. The maximum Gasteiger partial charge on any atom is 0.261 e. The van der Waals surface area contributed by atoms with Crippen molar-refractivity contribution in [2.45, 2.75) is 54.1 Å². The highest BCUT2D eigenvalue weighted by Gasteiger charge is 2.17. The monoisotopic (exact) mass is 490 g/mol. The summed E-state index contributed by atoms with van der Waals surface area (Å²) in [4.78, 5) is 27.2. The SMILES string of the molecule is Cc1cnc(-c2nc(C(C)C)ncc2C)cc1-n1c(C)cc(OCc2ccc(F)cc2F)c(C)c1=O. The van der Waals surface area contributed by atoms with Crippen molar-refractivity contribution in [1.29, 1.82) is 0 Å². The first-order valence-corrected chi connectivity index (χ1v) is 11.7. The normalized spacial score (nSPS) is 11.2. The molecule has 0 fully saturated rings. The molecule has 0 amide bonds. The van der Waals surface area contributed by atoms with E-state index in [0.717, 1.165) is 28.7 Å². The van der Waals surface area contributed by atoms with Crippen LogP contribution in [-0.4, -0.2) is 19.5 Å². The van der Waals surface area contributed by atoms with Gasteiger partial charge in [-0.2, -0.15) is 0 Å². The van der Waals surface area contributed by atoms with Crippen LogP contribution in [0.3, 0.4) is 0 Å². The van der Waals surface area contributed by atoms with E-state index in [1.807, 2.05) is 33.8 Å².